The van der Waals surface area contributed by atoms with Crippen molar-refractivity contribution >= 4 is 5.97 Å². The highest BCUT2D eigenvalue weighted by Crippen LogP contribution is 2.24. The number of halogens is 2. The molecule has 0 aromatic heterocycles. The van der Waals surface area contributed by atoms with Crippen molar-refractivity contribution in [1.29, 1.82) is 0 Å². The maximum Gasteiger partial charge on any atom is 0.325 e. The molecule has 0 fully saturated rings. The van der Waals surface area contributed by atoms with Crippen LogP contribution in [0.4, 0.5) is 8.78 Å². The molecule has 1 atom stereocenters. The number of carboxylic acid groups (broad SMARTS) is 1. The number of aliphatic carboxylic acids is 1. The average molecular weight is 243 g/mol. The van der Waals surface area contributed by atoms with E-state index >= 15 is 0 Å². The van der Waals surface area contributed by atoms with Crippen LogP contribution < -0.4 is 0 Å². The van der Waals surface area contributed by atoms with E-state index in [1.165, 1.54) is 12.1 Å². The number of nitrogens with zero attached hydrogens (tertiary/aromatic N) is 1. The SMILES string of the molecule is CCN(CC)C(C(=O)O)c1cccc(F)c1F. The van der Waals surface area contributed by atoms with Gasteiger partial charge in [-0.05, 0) is 19.2 Å². The van der Waals surface area contributed by atoms with E-state index in [9.17, 15) is 13.6 Å². The molecule has 0 saturated carbocycles. The first-order valence-corrected chi connectivity index (χ1v) is 5.43. The predicted molar refractivity (Wildman–Crippen MR) is 59.7 cm³/mol. The molecule has 0 spiro atoms. The lowest BCUT2D eigenvalue weighted by atomic mass is 10.0. The maximum absolute atomic E-state index is 13.6. The molecule has 5 heteroatoms. The minimum atomic E-state index is -1.18. The molecule has 0 aliphatic carbocycles. The van der Waals surface area contributed by atoms with Crippen LogP contribution in [0.2, 0.25) is 0 Å². The molecule has 0 aliphatic heterocycles. The van der Waals surface area contributed by atoms with Gasteiger partial charge >= 0.3 is 5.97 Å². The standard InChI is InChI=1S/C12H15F2NO2/c1-3-15(4-2)11(12(16)17)8-6-5-7-9(13)10(8)14/h5-7,11H,3-4H2,1-2H3,(H,16,17). The van der Waals surface area contributed by atoms with Gasteiger partial charge in [-0.3, -0.25) is 9.69 Å². The lowest BCUT2D eigenvalue weighted by Crippen LogP contribution is -2.34. The second-order valence-electron chi connectivity index (χ2n) is 3.61. The van der Waals surface area contributed by atoms with E-state index in [1.54, 1.807) is 18.7 Å². The highest BCUT2D eigenvalue weighted by atomic mass is 19.2. The number of hydrogen-bond donors (Lipinski definition) is 1. The summed E-state index contributed by atoms with van der Waals surface area (Å²) in [6.45, 7) is 4.44. The zero-order chi connectivity index (χ0) is 13.0. The molecular formula is C12H15F2NO2. The fraction of sp³-hybridized carbons (Fsp3) is 0.417. The van der Waals surface area contributed by atoms with E-state index in [-0.39, 0.29) is 5.56 Å². The Bertz CT molecular complexity index is 405. The van der Waals surface area contributed by atoms with Gasteiger partial charge in [-0.25, -0.2) is 8.78 Å². The van der Waals surface area contributed by atoms with Crippen LogP contribution in [0.15, 0.2) is 18.2 Å². The van der Waals surface area contributed by atoms with Crippen molar-refractivity contribution in [2.45, 2.75) is 19.9 Å². The summed E-state index contributed by atoms with van der Waals surface area (Å²) in [4.78, 5) is 12.7. The van der Waals surface area contributed by atoms with Crippen LogP contribution in [-0.2, 0) is 4.79 Å². The molecule has 1 N–H and O–H groups in total. The number of benzene rings is 1. The summed E-state index contributed by atoms with van der Waals surface area (Å²) < 4.78 is 26.7. The zero-order valence-electron chi connectivity index (χ0n) is 9.78. The van der Waals surface area contributed by atoms with Crippen molar-refractivity contribution in [2.24, 2.45) is 0 Å². The Morgan fingerprint density at radius 3 is 2.41 bits per heavy atom. The van der Waals surface area contributed by atoms with Crippen LogP contribution >= 0.6 is 0 Å². The van der Waals surface area contributed by atoms with Crippen LogP contribution in [0.25, 0.3) is 0 Å². The summed E-state index contributed by atoms with van der Waals surface area (Å²) in [7, 11) is 0. The maximum atomic E-state index is 13.6. The Kier molecular flexibility index (Phi) is 4.57. The topological polar surface area (TPSA) is 40.5 Å². The Balaban J connectivity index is 3.23. The normalized spacial score (nSPS) is 12.8. The predicted octanol–water partition coefficient (Wildman–Crippen LogP) is 2.43. The van der Waals surface area contributed by atoms with E-state index in [0.717, 1.165) is 6.07 Å². The van der Waals surface area contributed by atoms with E-state index in [1.807, 2.05) is 0 Å². The first-order chi connectivity index (χ1) is 8.02. The lowest BCUT2D eigenvalue weighted by molar-refractivity contribution is -0.143. The first-order valence-electron chi connectivity index (χ1n) is 5.43. The molecule has 0 saturated heterocycles. The number of rotatable bonds is 5. The molecule has 17 heavy (non-hydrogen) atoms. The number of carboxylic acids is 1. The van der Waals surface area contributed by atoms with Gasteiger partial charge in [0.05, 0.1) is 0 Å². The summed E-state index contributed by atoms with van der Waals surface area (Å²) in [6.07, 6.45) is 0. The first kappa shape index (κ1) is 13.6. The van der Waals surface area contributed by atoms with E-state index in [0.29, 0.717) is 13.1 Å². The molecule has 1 rings (SSSR count). The number of hydrogen-bond acceptors (Lipinski definition) is 2. The molecule has 0 aliphatic rings. The largest absolute Gasteiger partial charge is 0.480 e. The minimum Gasteiger partial charge on any atom is -0.480 e. The van der Waals surface area contributed by atoms with Gasteiger partial charge in [0, 0.05) is 5.56 Å². The number of likely N-dealkylation sites (N-methyl/N-ethyl adjacent to an activating group) is 1. The third kappa shape index (κ3) is 2.79. The summed E-state index contributed by atoms with van der Waals surface area (Å²) in [6, 6.07) is 2.43. The monoisotopic (exact) mass is 243 g/mol. The van der Waals surface area contributed by atoms with Crippen molar-refractivity contribution in [2.75, 3.05) is 13.1 Å². The van der Waals surface area contributed by atoms with E-state index < -0.39 is 23.6 Å². The second kappa shape index (κ2) is 5.72. The third-order valence-corrected chi connectivity index (χ3v) is 2.69. The Hall–Kier alpha value is -1.49. The van der Waals surface area contributed by atoms with Gasteiger partial charge < -0.3 is 5.11 Å². The molecule has 3 nitrogen and oxygen atoms in total. The zero-order valence-corrected chi connectivity index (χ0v) is 9.78. The van der Waals surface area contributed by atoms with Gasteiger partial charge in [0.2, 0.25) is 0 Å². The average Bonchev–Trinajstić information content (AvgIpc) is 2.30. The fourth-order valence-corrected chi connectivity index (χ4v) is 1.81. The van der Waals surface area contributed by atoms with E-state index in [4.69, 9.17) is 5.11 Å². The summed E-state index contributed by atoms with van der Waals surface area (Å²) in [5.41, 5.74) is -0.138. The molecule has 0 bridgehead atoms. The van der Waals surface area contributed by atoms with Crippen LogP contribution in [-0.4, -0.2) is 29.1 Å². The Morgan fingerprint density at radius 2 is 1.94 bits per heavy atom. The molecule has 0 heterocycles. The summed E-state index contributed by atoms with van der Waals surface area (Å²) in [5.74, 6) is -3.30. The van der Waals surface area contributed by atoms with Crippen molar-refractivity contribution in [3.8, 4) is 0 Å². The van der Waals surface area contributed by atoms with Gasteiger partial charge in [0.25, 0.3) is 0 Å². The van der Waals surface area contributed by atoms with Crippen molar-refractivity contribution in [1.82, 2.24) is 4.90 Å². The van der Waals surface area contributed by atoms with Crippen LogP contribution in [0, 0.1) is 11.6 Å². The van der Waals surface area contributed by atoms with Crippen molar-refractivity contribution < 1.29 is 18.7 Å². The highest BCUT2D eigenvalue weighted by molar-refractivity contribution is 5.75. The molecular weight excluding hydrogens is 228 g/mol. The van der Waals surface area contributed by atoms with Gasteiger partial charge in [-0.1, -0.05) is 26.0 Å². The quantitative estimate of drug-likeness (QED) is 0.863. The molecule has 0 radical (unpaired) electrons. The summed E-state index contributed by atoms with van der Waals surface area (Å²) >= 11 is 0. The summed E-state index contributed by atoms with van der Waals surface area (Å²) in [5, 5.41) is 9.14. The highest BCUT2D eigenvalue weighted by Gasteiger charge is 2.28. The van der Waals surface area contributed by atoms with E-state index in [2.05, 4.69) is 0 Å². The second-order valence-corrected chi connectivity index (χ2v) is 3.61. The molecule has 1 unspecified atom stereocenters. The lowest BCUT2D eigenvalue weighted by Gasteiger charge is -2.26. The van der Waals surface area contributed by atoms with Crippen molar-refractivity contribution in [3.63, 3.8) is 0 Å². The van der Waals surface area contributed by atoms with Crippen LogP contribution in [0.3, 0.4) is 0 Å². The minimum absolute atomic E-state index is 0.138. The number of carbonyl (C=O) groups is 1. The van der Waals surface area contributed by atoms with Crippen LogP contribution in [0.1, 0.15) is 25.5 Å². The fourth-order valence-electron chi connectivity index (χ4n) is 1.81. The smallest absolute Gasteiger partial charge is 0.325 e. The molecule has 0 amide bonds. The van der Waals surface area contributed by atoms with Crippen molar-refractivity contribution in [3.05, 3.63) is 35.4 Å². The molecule has 94 valence electrons. The Labute approximate surface area is 98.7 Å². The van der Waals surface area contributed by atoms with Gasteiger partial charge in [0.15, 0.2) is 11.6 Å². The van der Waals surface area contributed by atoms with Gasteiger partial charge in [0.1, 0.15) is 6.04 Å². The van der Waals surface area contributed by atoms with Crippen LogP contribution in [0.5, 0.6) is 0 Å². The third-order valence-electron chi connectivity index (χ3n) is 2.69. The van der Waals surface area contributed by atoms with Gasteiger partial charge in [-0.15, -0.1) is 0 Å². The van der Waals surface area contributed by atoms with Gasteiger partial charge in [-0.2, -0.15) is 0 Å². The molecule has 1 aromatic rings. The molecule has 1 aromatic carbocycles. The Morgan fingerprint density at radius 1 is 1.35 bits per heavy atom.